The van der Waals surface area contributed by atoms with Crippen LogP contribution in [-0.2, 0) is 17.8 Å². The summed E-state index contributed by atoms with van der Waals surface area (Å²) in [7, 11) is 1.65. The van der Waals surface area contributed by atoms with E-state index in [1.807, 2.05) is 35.2 Å². The molecule has 0 spiro atoms. The van der Waals surface area contributed by atoms with E-state index < -0.39 is 0 Å². The van der Waals surface area contributed by atoms with Crippen LogP contribution in [0, 0.1) is 0 Å². The molecule has 1 atom stereocenters. The number of nitrogens with zero attached hydrogens (tertiary/aromatic N) is 2. The highest BCUT2D eigenvalue weighted by Gasteiger charge is 2.25. The van der Waals surface area contributed by atoms with Crippen molar-refractivity contribution in [1.29, 1.82) is 0 Å². The van der Waals surface area contributed by atoms with Gasteiger partial charge in [0.05, 0.1) is 7.11 Å². The van der Waals surface area contributed by atoms with Crippen molar-refractivity contribution in [1.82, 2.24) is 15.3 Å². The van der Waals surface area contributed by atoms with Crippen molar-refractivity contribution in [3.63, 3.8) is 0 Å². The largest absolute Gasteiger partial charge is 0.497 e. The third kappa shape index (κ3) is 5.69. The summed E-state index contributed by atoms with van der Waals surface area (Å²) < 4.78 is 5.22. The normalized spacial score (nSPS) is 15.9. The fraction of sp³-hybridized carbons (Fsp3) is 0.450. The van der Waals surface area contributed by atoms with Crippen molar-refractivity contribution >= 4 is 17.4 Å². The first kappa shape index (κ1) is 19.7. The van der Waals surface area contributed by atoms with Gasteiger partial charge in [0.1, 0.15) is 5.75 Å². The van der Waals surface area contributed by atoms with Crippen LogP contribution in [0.4, 0.5) is 4.79 Å². The lowest BCUT2D eigenvalue weighted by atomic mass is 10.1. The van der Waals surface area contributed by atoms with Gasteiger partial charge >= 0.3 is 6.09 Å². The van der Waals surface area contributed by atoms with E-state index >= 15 is 0 Å². The van der Waals surface area contributed by atoms with E-state index in [-0.39, 0.29) is 12.1 Å². The van der Waals surface area contributed by atoms with Gasteiger partial charge in [-0.15, -0.1) is 16.4 Å². The minimum atomic E-state index is -0.295. The number of rotatable bonds is 7. The third-order valence-corrected chi connectivity index (χ3v) is 5.54. The molecule has 3 rings (SSSR count). The average molecular weight is 390 g/mol. The molecule has 1 amide bonds. The second-order valence-corrected chi connectivity index (χ2v) is 7.68. The molecule has 146 valence electrons. The van der Waals surface area contributed by atoms with E-state index in [0.29, 0.717) is 19.6 Å². The van der Waals surface area contributed by atoms with Crippen LogP contribution >= 0.6 is 11.3 Å². The molecule has 1 fully saturated rings. The number of ether oxygens (including phenoxy) is 1. The lowest BCUT2D eigenvalue weighted by Gasteiger charge is -2.32. The molecule has 7 heteroatoms. The van der Waals surface area contributed by atoms with Crippen molar-refractivity contribution in [3.8, 4) is 5.75 Å². The molecule has 0 radical (unpaired) electrons. The van der Waals surface area contributed by atoms with Gasteiger partial charge in [0, 0.05) is 50.1 Å². The Morgan fingerprint density at radius 3 is 2.63 bits per heavy atom. The highest BCUT2D eigenvalue weighted by atomic mass is 32.1. The molecule has 1 aliphatic rings. The van der Waals surface area contributed by atoms with E-state index in [1.54, 1.807) is 23.5 Å². The number of hydrogen-bond donors (Lipinski definition) is 1. The zero-order valence-electron chi connectivity index (χ0n) is 15.9. The Balaban J connectivity index is 1.70. The van der Waals surface area contributed by atoms with Crippen LogP contribution in [0.3, 0.4) is 0 Å². The molecular weight excluding hydrogens is 362 g/mol. The second kappa shape index (κ2) is 9.73. The summed E-state index contributed by atoms with van der Waals surface area (Å²) in [5.74, 6) is 0.806. The molecule has 1 aliphatic heterocycles. The monoisotopic (exact) mass is 389 g/mol. The maximum atomic E-state index is 12.9. The molecule has 0 aliphatic carbocycles. The summed E-state index contributed by atoms with van der Waals surface area (Å²) in [6.45, 7) is 5.65. The van der Waals surface area contributed by atoms with Gasteiger partial charge in [-0.25, -0.2) is 4.79 Å². The summed E-state index contributed by atoms with van der Waals surface area (Å²) in [5, 5.41) is 7.08. The second-order valence-electron chi connectivity index (χ2n) is 6.64. The molecule has 1 aromatic carbocycles. The van der Waals surface area contributed by atoms with Gasteiger partial charge in [-0.3, -0.25) is 4.90 Å². The van der Waals surface area contributed by atoms with Gasteiger partial charge in [-0.05, 0) is 36.1 Å². The quantitative estimate of drug-likeness (QED) is 0.788. The number of benzene rings is 1. The lowest BCUT2D eigenvalue weighted by molar-refractivity contribution is -0.121. The first-order chi connectivity index (χ1) is 13.2. The highest BCUT2D eigenvalue weighted by Crippen LogP contribution is 2.19. The lowest BCUT2D eigenvalue weighted by Crippen LogP contribution is -2.48. The predicted molar refractivity (Wildman–Crippen MR) is 107 cm³/mol. The van der Waals surface area contributed by atoms with Gasteiger partial charge < -0.3 is 14.9 Å². The molecule has 1 N–H and O–H groups in total. The maximum Gasteiger partial charge on any atom is 0.429 e. The molecule has 1 unspecified atom stereocenters. The molecular formula is C20H27N3O3S. The molecule has 6 nitrogen and oxygen atoms in total. The number of carbonyl (C=O) groups is 1. The number of carbonyl (C=O) groups excluding carboxylic acids is 1. The van der Waals surface area contributed by atoms with Gasteiger partial charge in [-0.2, -0.15) is 0 Å². The highest BCUT2D eigenvalue weighted by molar-refractivity contribution is 7.09. The minimum Gasteiger partial charge on any atom is -0.497 e. The van der Waals surface area contributed by atoms with E-state index in [2.05, 4.69) is 23.7 Å². The van der Waals surface area contributed by atoms with Crippen molar-refractivity contribution < 1.29 is 14.4 Å². The first-order valence-electron chi connectivity index (χ1n) is 9.25. The molecule has 2 heterocycles. The molecule has 27 heavy (non-hydrogen) atoms. The Bertz CT molecular complexity index is 700. The van der Waals surface area contributed by atoms with Crippen LogP contribution in [-0.4, -0.2) is 55.4 Å². The molecule has 0 saturated carbocycles. The summed E-state index contributed by atoms with van der Waals surface area (Å²) in [5.41, 5.74) is 1.05. The average Bonchev–Trinajstić information content (AvgIpc) is 3.20. The Kier molecular flexibility index (Phi) is 7.09. The van der Waals surface area contributed by atoms with Crippen LogP contribution in [0.1, 0.15) is 17.4 Å². The van der Waals surface area contributed by atoms with E-state index in [0.717, 1.165) is 30.8 Å². The van der Waals surface area contributed by atoms with Crippen molar-refractivity contribution in [2.24, 2.45) is 0 Å². The smallest absolute Gasteiger partial charge is 0.429 e. The molecule has 0 bridgehead atoms. The Morgan fingerprint density at radius 1 is 1.26 bits per heavy atom. The number of nitrogens with one attached hydrogen (secondary N) is 1. The summed E-state index contributed by atoms with van der Waals surface area (Å²) >= 11 is 1.71. The Labute approximate surface area is 164 Å². The van der Waals surface area contributed by atoms with Gasteiger partial charge in [-0.1, -0.05) is 18.2 Å². The maximum absolute atomic E-state index is 12.9. The fourth-order valence-electron chi connectivity index (χ4n) is 3.06. The van der Waals surface area contributed by atoms with Gasteiger partial charge in [0.15, 0.2) is 0 Å². The summed E-state index contributed by atoms with van der Waals surface area (Å²) in [4.78, 5) is 21.7. The van der Waals surface area contributed by atoms with Gasteiger partial charge in [0.2, 0.25) is 0 Å². The van der Waals surface area contributed by atoms with E-state index in [4.69, 9.17) is 9.57 Å². The SMILES string of the molecule is COc1ccc(CN(C(=O)ON2CCNCC2)C(C)Cc2cccs2)cc1. The Morgan fingerprint density at radius 2 is 2.00 bits per heavy atom. The zero-order valence-corrected chi connectivity index (χ0v) is 16.7. The van der Waals surface area contributed by atoms with Crippen molar-refractivity contribution in [2.45, 2.75) is 25.9 Å². The van der Waals surface area contributed by atoms with Crippen LogP contribution in [0.25, 0.3) is 0 Å². The van der Waals surface area contributed by atoms with Crippen molar-refractivity contribution in [3.05, 3.63) is 52.2 Å². The fourth-order valence-corrected chi connectivity index (χ4v) is 3.88. The molecule has 2 aromatic rings. The van der Waals surface area contributed by atoms with Gasteiger partial charge in [0.25, 0.3) is 0 Å². The minimum absolute atomic E-state index is 0.0289. The summed E-state index contributed by atoms with van der Waals surface area (Å²) in [6, 6.07) is 12.0. The number of thiophene rings is 1. The predicted octanol–water partition coefficient (Wildman–Crippen LogP) is 3.15. The van der Waals surface area contributed by atoms with Crippen LogP contribution in [0.15, 0.2) is 41.8 Å². The topological polar surface area (TPSA) is 54.0 Å². The molecule has 1 saturated heterocycles. The van der Waals surface area contributed by atoms with E-state index in [9.17, 15) is 4.79 Å². The zero-order chi connectivity index (χ0) is 19.1. The third-order valence-electron chi connectivity index (χ3n) is 4.64. The van der Waals surface area contributed by atoms with Crippen LogP contribution < -0.4 is 10.1 Å². The number of piperazine rings is 1. The van der Waals surface area contributed by atoms with Crippen LogP contribution in [0.2, 0.25) is 0 Å². The molecule has 1 aromatic heterocycles. The number of hydroxylamine groups is 2. The summed E-state index contributed by atoms with van der Waals surface area (Å²) in [6.07, 6.45) is 0.515. The number of methoxy groups -OCH3 is 1. The first-order valence-corrected chi connectivity index (χ1v) is 10.1. The standard InChI is InChI=1S/C20H27N3O3S/c1-16(14-19-4-3-13-27-19)23(15-17-5-7-18(25-2)8-6-17)20(24)26-22-11-9-21-10-12-22/h3-8,13,16,21H,9-12,14-15H2,1-2H3. The van der Waals surface area contributed by atoms with Crippen molar-refractivity contribution in [2.75, 3.05) is 33.3 Å². The van der Waals surface area contributed by atoms with Crippen LogP contribution in [0.5, 0.6) is 5.75 Å². The number of hydrogen-bond acceptors (Lipinski definition) is 6. The number of amides is 1. The Hall–Kier alpha value is -2.09. The van der Waals surface area contributed by atoms with E-state index in [1.165, 1.54) is 4.88 Å².